The van der Waals surface area contributed by atoms with Crippen molar-refractivity contribution >= 4 is 0 Å². The molecule has 0 saturated carbocycles. The molecule has 0 aliphatic carbocycles. The van der Waals surface area contributed by atoms with Crippen molar-refractivity contribution in [3.05, 3.63) is 0 Å². The maximum Gasteiger partial charge on any atom is 0.224 e. The molecule has 3 rings (SSSR count). The molecular formula is C24H46O22. The van der Waals surface area contributed by atoms with E-state index >= 15 is 0 Å². The van der Waals surface area contributed by atoms with Crippen LogP contribution in [-0.4, -0.2) is 236 Å². The van der Waals surface area contributed by atoms with Crippen LogP contribution in [0.3, 0.4) is 0 Å². The largest absolute Gasteiger partial charge is 0.394 e. The molecule has 0 aromatic carbocycles. The summed E-state index contributed by atoms with van der Waals surface area (Å²) >= 11 is 0. The maximum atomic E-state index is 10.3. The smallest absolute Gasteiger partial charge is 0.224 e. The molecule has 274 valence electrons. The third-order valence-electron chi connectivity index (χ3n) is 7.68. The summed E-state index contributed by atoms with van der Waals surface area (Å²) in [6.07, 6.45) is -28.2. The third kappa shape index (κ3) is 9.21. The molecular weight excluding hydrogens is 640 g/mol. The Morgan fingerprint density at radius 1 is 0.543 bits per heavy atom. The Balaban J connectivity index is 0.000000521. The van der Waals surface area contributed by atoms with Gasteiger partial charge in [0.25, 0.3) is 0 Å². The van der Waals surface area contributed by atoms with Crippen LogP contribution in [0.15, 0.2) is 0 Å². The zero-order valence-corrected chi connectivity index (χ0v) is 24.2. The Hall–Kier alpha value is -0.880. The molecule has 3 fully saturated rings. The lowest BCUT2D eigenvalue weighted by atomic mass is 9.98. The molecule has 0 aromatic rings. The van der Waals surface area contributed by atoms with Crippen LogP contribution in [-0.2, 0) is 23.7 Å². The molecule has 17 N–H and O–H groups in total. The van der Waals surface area contributed by atoms with Gasteiger partial charge in [-0.1, -0.05) is 0 Å². The second-order valence-corrected chi connectivity index (χ2v) is 10.9. The van der Waals surface area contributed by atoms with E-state index in [0.29, 0.717) is 0 Å². The zero-order chi connectivity index (χ0) is 35.1. The van der Waals surface area contributed by atoms with Crippen LogP contribution in [0.5, 0.6) is 0 Å². The van der Waals surface area contributed by atoms with Crippen molar-refractivity contribution in [1.29, 1.82) is 0 Å². The van der Waals surface area contributed by atoms with Gasteiger partial charge in [-0.3, -0.25) is 0 Å². The molecule has 0 radical (unpaired) electrons. The number of hydrogen-bond acceptors (Lipinski definition) is 22. The predicted octanol–water partition coefficient (Wildman–Crippen LogP) is -11.2. The molecule has 46 heavy (non-hydrogen) atoms. The second kappa shape index (κ2) is 18.2. The normalized spacial score (nSPS) is 44.2. The van der Waals surface area contributed by atoms with Gasteiger partial charge in [-0.15, -0.1) is 0 Å². The fourth-order valence-electron chi connectivity index (χ4n) is 4.68. The van der Waals surface area contributed by atoms with Crippen molar-refractivity contribution in [1.82, 2.24) is 0 Å². The van der Waals surface area contributed by atoms with Crippen LogP contribution in [0, 0.1) is 0 Å². The quantitative estimate of drug-likeness (QED) is 0.0854. The van der Waals surface area contributed by atoms with E-state index in [4.69, 9.17) is 54.3 Å². The minimum atomic E-state index is -2.36. The van der Waals surface area contributed by atoms with Crippen molar-refractivity contribution in [3.8, 4) is 0 Å². The van der Waals surface area contributed by atoms with Gasteiger partial charge in [0.2, 0.25) is 5.79 Å². The van der Waals surface area contributed by atoms with E-state index in [0.717, 1.165) is 0 Å². The summed E-state index contributed by atoms with van der Waals surface area (Å²) in [5, 5.41) is 161. The Kier molecular flexibility index (Phi) is 16.3. The highest BCUT2D eigenvalue weighted by Crippen LogP contribution is 2.36. The first-order chi connectivity index (χ1) is 21.5. The van der Waals surface area contributed by atoms with E-state index < -0.39 is 150 Å². The van der Waals surface area contributed by atoms with Gasteiger partial charge in [0.05, 0.1) is 33.0 Å². The molecule has 0 unspecified atom stereocenters. The molecule has 3 aliphatic heterocycles. The van der Waals surface area contributed by atoms with Gasteiger partial charge in [-0.25, -0.2) is 0 Å². The number of hydrogen-bond donors (Lipinski definition) is 17. The Bertz CT molecular complexity index is 858. The molecule has 22 nitrogen and oxygen atoms in total. The van der Waals surface area contributed by atoms with E-state index in [2.05, 4.69) is 0 Å². The SMILES string of the molecule is OC[C@@H](O)[C@@H](O)[C@H](O)[C@@H](O)CO.OC[C@H]1O[C@H](OC[C@H]2O[C@H](O[C@]3(CO)O[C@H](CO)[C@@H](O)[C@@H]3O)[C@H](O)[C@@H](O)[C@@H]2O)[C@H](O)[C@@H](O)[C@H]1O. The van der Waals surface area contributed by atoms with Crippen molar-refractivity contribution in [2.75, 3.05) is 39.6 Å². The summed E-state index contributed by atoms with van der Waals surface area (Å²) in [6.45, 7) is -4.59. The molecule has 22 heteroatoms. The van der Waals surface area contributed by atoms with Gasteiger partial charge in [-0.2, -0.15) is 0 Å². The second-order valence-electron chi connectivity index (χ2n) is 10.9. The zero-order valence-electron chi connectivity index (χ0n) is 24.2. The molecule has 0 bridgehead atoms. The van der Waals surface area contributed by atoms with Crippen molar-refractivity contribution < 1.29 is 110 Å². The molecule has 0 aromatic heterocycles. The van der Waals surface area contributed by atoms with Crippen LogP contribution in [0.1, 0.15) is 0 Å². The summed E-state index contributed by atoms with van der Waals surface area (Å²) < 4.78 is 26.4. The van der Waals surface area contributed by atoms with Gasteiger partial charge in [0.15, 0.2) is 12.6 Å². The number of aliphatic hydroxyl groups excluding tert-OH is 17. The molecule has 3 aliphatic rings. The van der Waals surface area contributed by atoms with Gasteiger partial charge in [-0.05, 0) is 0 Å². The number of rotatable bonds is 13. The van der Waals surface area contributed by atoms with Crippen LogP contribution >= 0.6 is 0 Å². The van der Waals surface area contributed by atoms with E-state index in [-0.39, 0.29) is 0 Å². The Morgan fingerprint density at radius 2 is 1.00 bits per heavy atom. The highest BCUT2D eigenvalue weighted by Gasteiger charge is 2.58. The van der Waals surface area contributed by atoms with Crippen LogP contribution in [0.2, 0.25) is 0 Å². The van der Waals surface area contributed by atoms with Crippen LogP contribution in [0.4, 0.5) is 0 Å². The summed E-state index contributed by atoms with van der Waals surface area (Å²) in [5.41, 5.74) is 0. The number of ether oxygens (including phenoxy) is 5. The minimum absolute atomic E-state index is 0.634. The highest BCUT2D eigenvalue weighted by molar-refractivity contribution is 4.98. The van der Waals surface area contributed by atoms with Crippen molar-refractivity contribution in [3.63, 3.8) is 0 Å². The van der Waals surface area contributed by atoms with E-state index in [1.165, 1.54) is 0 Å². The molecule has 3 heterocycles. The molecule has 3 saturated heterocycles. The van der Waals surface area contributed by atoms with E-state index in [1.54, 1.807) is 0 Å². The topological polar surface area (TPSA) is 390 Å². The van der Waals surface area contributed by atoms with Crippen molar-refractivity contribution in [2.45, 2.75) is 110 Å². The molecule has 0 amide bonds. The van der Waals surface area contributed by atoms with Crippen LogP contribution in [0.25, 0.3) is 0 Å². The van der Waals surface area contributed by atoms with E-state index in [1.807, 2.05) is 0 Å². The summed E-state index contributed by atoms with van der Waals surface area (Å²) in [4.78, 5) is 0. The highest BCUT2D eigenvalue weighted by atomic mass is 16.8. The fraction of sp³-hybridized carbons (Fsp3) is 1.00. The maximum absolute atomic E-state index is 10.3. The first-order valence-electron chi connectivity index (χ1n) is 14.0. The third-order valence-corrected chi connectivity index (χ3v) is 7.68. The lowest BCUT2D eigenvalue weighted by Crippen LogP contribution is -2.63. The molecule has 18 atom stereocenters. The summed E-state index contributed by atoms with van der Waals surface area (Å²) in [5.74, 6) is -2.36. The van der Waals surface area contributed by atoms with Gasteiger partial charge in [0.1, 0.15) is 98.2 Å². The van der Waals surface area contributed by atoms with Gasteiger partial charge < -0.3 is 110 Å². The van der Waals surface area contributed by atoms with Gasteiger partial charge in [0, 0.05) is 0 Å². The minimum Gasteiger partial charge on any atom is -0.394 e. The monoisotopic (exact) mass is 686 g/mol. The first-order valence-corrected chi connectivity index (χ1v) is 14.0. The van der Waals surface area contributed by atoms with Gasteiger partial charge >= 0.3 is 0 Å². The molecule has 0 spiro atoms. The van der Waals surface area contributed by atoms with E-state index in [9.17, 15) is 56.2 Å². The van der Waals surface area contributed by atoms with Crippen LogP contribution < -0.4 is 0 Å². The van der Waals surface area contributed by atoms with Crippen molar-refractivity contribution in [2.24, 2.45) is 0 Å². The lowest BCUT2D eigenvalue weighted by molar-refractivity contribution is -0.388. The summed E-state index contributed by atoms with van der Waals surface area (Å²) in [6, 6.07) is 0. The summed E-state index contributed by atoms with van der Waals surface area (Å²) in [7, 11) is 0. The standard InChI is InChI=1S/C18H32O16.C6H14O6/c19-1-5-8(22)11(25)13(27)16(31-5)30-3-7-9(23)12(26)14(28)17(32-7)34-18(4-21)15(29)10(24)6(2-20)33-18;7-1-3(9)5(11)6(12)4(10)2-8/h5-17,19-29H,1-4H2;3-12H,1-2H2/t5-,6-,7-,8+,9-,10-,11+,12+,13-,14-,15+,16+,17-,18+;3-,4+,5-,6-/m11/s1. The Labute approximate surface area is 260 Å². The number of aliphatic hydroxyl groups is 17. The fourth-order valence-corrected chi connectivity index (χ4v) is 4.68. The predicted molar refractivity (Wildman–Crippen MR) is 139 cm³/mol. The first kappa shape index (κ1) is 41.3. The average molecular weight is 687 g/mol. The Morgan fingerprint density at radius 3 is 1.43 bits per heavy atom. The lowest BCUT2D eigenvalue weighted by Gasteiger charge is -2.44. The average Bonchev–Trinajstić information content (AvgIpc) is 3.31.